The van der Waals surface area contributed by atoms with E-state index in [9.17, 15) is 18.0 Å². The topological polar surface area (TPSA) is 84.4 Å². The van der Waals surface area contributed by atoms with E-state index in [2.05, 4.69) is 5.10 Å². The number of alkyl halides is 3. The first-order chi connectivity index (χ1) is 8.67. The largest absolute Gasteiger partial charge is 0.406 e. The maximum absolute atomic E-state index is 12.4. The zero-order valence-electron chi connectivity index (χ0n) is 10.5. The standard InChI is InChI=1S/C10H15F3N4O2/c1-6-7(14)8(16(2)15-6)9(19)17(3-4-18)5-10(11,12)13/h18H,3-5,14H2,1-2H3. The van der Waals surface area contributed by atoms with Crippen molar-refractivity contribution < 1.29 is 23.1 Å². The number of aliphatic hydroxyl groups excluding tert-OH is 1. The second kappa shape index (κ2) is 5.47. The van der Waals surface area contributed by atoms with Gasteiger partial charge in [0.1, 0.15) is 12.2 Å². The van der Waals surface area contributed by atoms with Gasteiger partial charge < -0.3 is 15.7 Å². The summed E-state index contributed by atoms with van der Waals surface area (Å²) in [6.45, 7) is -0.900. The number of aryl methyl sites for hydroxylation is 2. The number of hydrogen-bond acceptors (Lipinski definition) is 4. The number of carbonyl (C=O) groups excluding carboxylic acids is 1. The number of aromatic nitrogens is 2. The Morgan fingerprint density at radius 3 is 2.47 bits per heavy atom. The van der Waals surface area contributed by atoms with Crippen molar-refractivity contribution in [2.45, 2.75) is 13.1 Å². The Labute approximate surface area is 107 Å². The van der Waals surface area contributed by atoms with E-state index in [0.29, 0.717) is 10.6 Å². The molecule has 0 aliphatic carbocycles. The van der Waals surface area contributed by atoms with Gasteiger partial charge in [0.2, 0.25) is 0 Å². The van der Waals surface area contributed by atoms with E-state index < -0.39 is 31.8 Å². The number of anilines is 1. The number of nitrogens with two attached hydrogens (primary N) is 1. The van der Waals surface area contributed by atoms with Crippen LogP contribution in [0.5, 0.6) is 0 Å². The molecule has 19 heavy (non-hydrogen) atoms. The molecule has 0 atom stereocenters. The molecule has 0 bridgehead atoms. The van der Waals surface area contributed by atoms with E-state index in [0.717, 1.165) is 4.68 Å². The molecule has 108 valence electrons. The Balaban J connectivity index is 3.06. The van der Waals surface area contributed by atoms with Crippen LogP contribution in [-0.2, 0) is 7.05 Å². The fraction of sp³-hybridized carbons (Fsp3) is 0.600. The molecule has 1 amide bonds. The van der Waals surface area contributed by atoms with Gasteiger partial charge in [-0.2, -0.15) is 18.3 Å². The van der Waals surface area contributed by atoms with Crippen LogP contribution in [0.3, 0.4) is 0 Å². The maximum Gasteiger partial charge on any atom is 0.406 e. The number of rotatable bonds is 4. The molecule has 0 aromatic carbocycles. The van der Waals surface area contributed by atoms with E-state index in [4.69, 9.17) is 10.8 Å². The first-order valence-corrected chi connectivity index (χ1v) is 5.43. The number of hydrogen-bond donors (Lipinski definition) is 2. The zero-order valence-corrected chi connectivity index (χ0v) is 10.5. The quantitative estimate of drug-likeness (QED) is 0.831. The van der Waals surface area contributed by atoms with Gasteiger partial charge in [0.05, 0.1) is 18.0 Å². The molecular formula is C10H15F3N4O2. The SMILES string of the molecule is Cc1nn(C)c(C(=O)N(CCO)CC(F)(F)F)c1N. The van der Waals surface area contributed by atoms with Gasteiger partial charge in [-0.25, -0.2) is 0 Å². The summed E-state index contributed by atoms with van der Waals surface area (Å²) in [7, 11) is 1.42. The molecular weight excluding hydrogens is 265 g/mol. The van der Waals surface area contributed by atoms with Gasteiger partial charge in [0, 0.05) is 13.6 Å². The summed E-state index contributed by atoms with van der Waals surface area (Å²) in [5, 5.41) is 12.6. The molecule has 0 unspecified atom stereocenters. The summed E-state index contributed by atoms with van der Waals surface area (Å²) >= 11 is 0. The molecule has 9 heteroatoms. The highest BCUT2D eigenvalue weighted by molar-refractivity contribution is 5.98. The maximum atomic E-state index is 12.4. The molecule has 0 saturated heterocycles. The van der Waals surface area contributed by atoms with E-state index >= 15 is 0 Å². The molecule has 1 aromatic rings. The van der Waals surface area contributed by atoms with Crippen molar-refractivity contribution in [3.63, 3.8) is 0 Å². The smallest absolute Gasteiger partial charge is 0.395 e. The lowest BCUT2D eigenvalue weighted by molar-refractivity contribution is -0.141. The van der Waals surface area contributed by atoms with Crippen LogP contribution in [0.4, 0.5) is 18.9 Å². The van der Waals surface area contributed by atoms with Crippen LogP contribution in [-0.4, -0.2) is 51.6 Å². The molecule has 6 nitrogen and oxygen atoms in total. The molecule has 3 N–H and O–H groups in total. The van der Waals surface area contributed by atoms with Crippen LogP contribution in [0.25, 0.3) is 0 Å². The first kappa shape index (κ1) is 15.3. The van der Waals surface area contributed by atoms with E-state index in [1.54, 1.807) is 6.92 Å². The predicted molar refractivity (Wildman–Crippen MR) is 61.4 cm³/mol. The van der Waals surface area contributed by atoms with E-state index in [1.807, 2.05) is 0 Å². The summed E-state index contributed by atoms with van der Waals surface area (Å²) < 4.78 is 38.3. The van der Waals surface area contributed by atoms with Crippen molar-refractivity contribution in [3.8, 4) is 0 Å². The lowest BCUT2D eigenvalue weighted by Crippen LogP contribution is -2.41. The average molecular weight is 280 g/mol. The fourth-order valence-corrected chi connectivity index (χ4v) is 1.67. The summed E-state index contributed by atoms with van der Waals surface area (Å²) in [4.78, 5) is 12.5. The highest BCUT2D eigenvalue weighted by atomic mass is 19.4. The summed E-state index contributed by atoms with van der Waals surface area (Å²) in [6, 6.07) is 0. The highest BCUT2D eigenvalue weighted by Crippen LogP contribution is 2.21. The molecule has 1 rings (SSSR count). The third-order valence-electron chi connectivity index (χ3n) is 2.50. The second-order valence-corrected chi connectivity index (χ2v) is 4.04. The van der Waals surface area contributed by atoms with Crippen molar-refractivity contribution >= 4 is 11.6 Å². The van der Waals surface area contributed by atoms with Gasteiger partial charge in [0.15, 0.2) is 0 Å². The van der Waals surface area contributed by atoms with Crippen LogP contribution < -0.4 is 5.73 Å². The van der Waals surface area contributed by atoms with Gasteiger partial charge in [-0.1, -0.05) is 0 Å². The van der Waals surface area contributed by atoms with Gasteiger partial charge in [-0.15, -0.1) is 0 Å². The molecule has 0 radical (unpaired) electrons. The van der Waals surface area contributed by atoms with Crippen LogP contribution in [0.15, 0.2) is 0 Å². The highest BCUT2D eigenvalue weighted by Gasteiger charge is 2.34. The van der Waals surface area contributed by atoms with Gasteiger partial charge in [-0.05, 0) is 6.92 Å². The lowest BCUT2D eigenvalue weighted by atomic mass is 10.2. The fourth-order valence-electron chi connectivity index (χ4n) is 1.67. The Morgan fingerprint density at radius 2 is 2.11 bits per heavy atom. The van der Waals surface area contributed by atoms with E-state index in [1.165, 1.54) is 7.05 Å². The molecule has 1 heterocycles. The Bertz CT molecular complexity index is 470. The van der Waals surface area contributed by atoms with Crippen LogP contribution in [0.1, 0.15) is 16.2 Å². The van der Waals surface area contributed by atoms with Crippen molar-refractivity contribution in [2.75, 3.05) is 25.4 Å². The Hall–Kier alpha value is -1.77. The van der Waals surface area contributed by atoms with Crippen molar-refractivity contribution in [1.29, 1.82) is 0 Å². The molecule has 0 saturated carbocycles. The number of carbonyl (C=O) groups is 1. The van der Waals surface area contributed by atoms with Crippen LogP contribution in [0, 0.1) is 6.92 Å². The van der Waals surface area contributed by atoms with Crippen molar-refractivity contribution in [2.24, 2.45) is 7.05 Å². The normalized spacial score (nSPS) is 11.7. The monoisotopic (exact) mass is 280 g/mol. The Kier molecular flexibility index (Phi) is 4.40. The third kappa shape index (κ3) is 3.60. The number of aliphatic hydroxyl groups is 1. The minimum Gasteiger partial charge on any atom is -0.395 e. The number of halogens is 3. The minimum atomic E-state index is -4.55. The predicted octanol–water partition coefficient (Wildman–Crippen LogP) is 0.308. The molecule has 1 aromatic heterocycles. The van der Waals surface area contributed by atoms with Gasteiger partial charge in [0.25, 0.3) is 5.91 Å². The molecule has 0 fully saturated rings. The number of nitrogens with zero attached hydrogens (tertiary/aromatic N) is 3. The minimum absolute atomic E-state index is 0.0395. The third-order valence-corrected chi connectivity index (χ3v) is 2.50. The van der Waals surface area contributed by atoms with Crippen LogP contribution in [0.2, 0.25) is 0 Å². The summed E-state index contributed by atoms with van der Waals surface area (Å²) in [5.74, 6) is -0.910. The van der Waals surface area contributed by atoms with Crippen LogP contribution >= 0.6 is 0 Å². The first-order valence-electron chi connectivity index (χ1n) is 5.43. The van der Waals surface area contributed by atoms with Gasteiger partial charge in [-0.3, -0.25) is 9.48 Å². The van der Waals surface area contributed by atoms with Crippen molar-refractivity contribution in [1.82, 2.24) is 14.7 Å². The van der Waals surface area contributed by atoms with Crippen molar-refractivity contribution in [3.05, 3.63) is 11.4 Å². The summed E-state index contributed by atoms with van der Waals surface area (Å²) in [6.07, 6.45) is -4.55. The van der Waals surface area contributed by atoms with E-state index in [-0.39, 0.29) is 11.4 Å². The average Bonchev–Trinajstić information content (AvgIpc) is 2.50. The second-order valence-electron chi connectivity index (χ2n) is 4.04. The molecule has 0 aliphatic rings. The lowest BCUT2D eigenvalue weighted by Gasteiger charge is -2.23. The van der Waals surface area contributed by atoms with Gasteiger partial charge >= 0.3 is 6.18 Å². The number of amides is 1. The summed E-state index contributed by atoms with van der Waals surface area (Å²) in [5.41, 5.74) is 5.91. The molecule has 0 spiro atoms. The zero-order chi connectivity index (χ0) is 14.8. The Morgan fingerprint density at radius 1 is 1.53 bits per heavy atom. The number of nitrogen functional groups attached to an aromatic ring is 1. The molecule has 0 aliphatic heterocycles.